The first-order chi connectivity index (χ1) is 18.3. The number of anilines is 1. The van der Waals surface area contributed by atoms with E-state index in [-0.39, 0.29) is 59.1 Å². The molecule has 10 nitrogen and oxygen atoms in total. The number of aromatic nitrogens is 2. The summed E-state index contributed by atoms with van der Waals surface area (Å²) in [5.41, 5.74) is -1.86. The summed E-state index contributed by atoms with van der Waals surface area (Å²) in [6.45, 7) is 5.22. The smallest absolute Gasteiger partial charge is 0.320 e. The van der Waals surface area contributed by atoms with Crippen molar-refractivity contribution in [2.45, 2.75) is 45.2 Å². The molecule has 39 heavy (non-hydrogen) atoms. The topological polar surface area (TPSA) is 124 Å². The average molecular weight is 563 g/mol. The molecule has 1 atom stereocenters. The van der Waals surface area contributed by atoms with E-state index in [4.69, 9.17) is 21.7 Å². The fourth-order valence-electron chi connectivity index (χ4n) is 4.32. The van der Waals surface area contributed by atoms with E-state index in [1.807, 2.05) is 0 Å². The molecule has 1 amide bonds. The molecule has 206 valence electrons. The van der Waals surface area contributed by atoms with Crippen molar-refractivity contribution in [3.63, 3.8) is 0 Å². The van der Waals surface area contributed by atoms with Crippen LogP contribution in [0.1, 0.15) is 27.7 Å². The summed E-state index contributed by atoms with van der Waals surface area (Å²) in [7, 11) is 0. The van der Waals surface area contributed by atoms with E-state index in [2.05, 4.69) is 15.3 Å². The zero-order chi connectivity index (χ0) is 28.7. The number of alkyl halides is 2. The molecule has 4 rings (SSSR count). The predicted molar refractivity (Wildman–Crippen MR) is 139 cm³/mol. The number of allylic oxidation sites excluding steroid dienone is 1. The maximum Gasteiger partial charge on any atom is 0.320 e. The number of rotatable bonds is 8. The third-order valence-electron chi connectivity index (χ3n) is 6.12. The molecule has 1 aromatic heterocycles. The highest BCUT2D eigenvalue weighted by atomic mass is 32.1. The first-order valence-corrected chi connectivity index (χ1v) is 12.3. The van der Waals surface area contributed by atoms with Crippen molar-refractivity contribution >= 4 is 39.8 Å². The number of fused-ring (bicyclic) bond motifs is 1. The second-order valence-electron chi connectivity index (χ2n) is 9.24. The van der Waals surface area contributed by atoms with Crippen molar-refractivity contribution < 1.29 is 32.5 Å². The average Bonchev–Trinajstić information content (AvgIpc) is 3.05. The monoisotopic (exact) mass is 562 g/mol. The van der Waals surface area contributed by atoms with E-state index in [1.54, 1.807) is 26.8 Å². The van der Waals surface area contributed by atoms with Crippen molar-refractivity contribution in [1.29, 1.82) is 5.26 Å². The highest BCUT2D eigenvalue weighted by Crippen LogP contribution is 2.40. The first-order valence-electron chi connectivity index (χ1n) is 11.9. The molecule has 1 unspecified atom stereocenters. The van der Waals surface area contributed by atoms with Crippen LogP contribution in [-0.2, 0) is 4.79 Å². The van der Waals surface area contributed by atoms with Crippen molar-refractivity contribution in [3.05, 3.63) is 41.5 Å². The molecule has 14 heteroatoms. The van der Waals surface area contributed by atoms with Crippen LogP contribution in [0, 0.1) is 17.1 Å². The summed E-state index contributed by atoms with van der Waals surface area (Å²) in [6.07, 6.45) is 2.32. The van der Waals surface area contributed by atoms with Gasteiger partial charge in [-0.05, 0) is 51.2 Å². The lowest BCUT2D eigenvalue weighted by Crippen LogP contribution is -2.44. The number of amides is 1. The highest BCUT2D eigenvalue weighted by molar-refractivity contribution is 7.80. The van der Waals surface area contributed by atoms with Gasteiger partial charge in [-0.15, -0.1) is 0 Å². The van der Waals surface area contributed by atoms with Gasteiger partial charge in [0.15, 0.2) is 10.9 Å². The number of halogens is 3. The fourth-order valence-corrected chi connectivity index (χ4v) is 4.84. The minimum Gasteiger partial charge on any atom is -0.475 e. The summed E-state index contributed by atoms with van der Waals surface area (Å²) in [5, 5.41) is 21.1. The van der Waals surface area contributed by atoms with E-state index in [0.717, 1.165) is 17.0 Å². The minimum atomic E-state index is -3.35. The summed E-state index contributed by atoms with van der Waals surface area (Å²) >= 11 is 5.61. The lowest BCUT2D eigenvalue weighted by Gasteiger charge is -2.30. The Balaban J connectivity index is 1.82. The Hall–Kier alpha value is -3.96. The third-order valence-corrected chi connectivity index (χ3v) is 6.48. The van der Waals surface area contributed by atoms with Gasteiger partial charge in [0.25, 0.3) is 11.8 Å². The predicted octanol–water partition coefficient (Wildman–Crippen LogP) is 3.17. The van der Waals surface area contributed by atoms with Crippen LogP contribution >= 0.6 is 12.2 Å². The number of nitrogens with one attached hydrogen (secondary N) is 1. The largest absolute Gasteiger partial charge is 0.475 e. The van der Waals surface area contributed by atoms with E-state index < -0.39 is 34.8 Å². The molecule has 1 fully saturated rings. The molecule has 0 bridgehead atoms. The number of dihydropyridines is 1. The molecule has 0 radical (unpaired) electrons. The molecule has 2 N–H and O–H groups in total. The summed E-state index contributed by atoms with van der Waals surface area (Å²) in [5.74, 6) is -4.75. The van der Waals surface area contributed by atoms with Crippen LogP contribution in [0.15, 0.2) is 35.7 Å². The van der Waals surface area contributed by atoms with Crippen LogP contribution in [0.25, 0.3) is 10.9 Å². The van der Waals surface area contributed by atoms with Crippen LogP contribution in [0.5, 0.6) is 11.9 Å². The van der Waals surface area contributed by atoms with Crippen molar-refractivity contribution in [1.82, 2.24) is 20.2 Å². The molecule has 1 aromatic carbocycles. The zero-order valence-corrected chi connectivity index (χ0v) is 22.3. The second-order valence-corrected chi connectivity index (χ2v) is 9.61. The van der Waals surface area contributed by atoms with Crippen LogP contribution in [0.4, 0.5) is 18.9 Å². The summed E-state index contributed by atoms with van der Waals surface area (Å²) in [6, 6.07) is 2.96. The maximum atomic E-state index is 15.5. The number of benzene rings is 1. The molecule has 1 saturated heterocycles. The molecular formula is C25H25F3N6O4S. The van der Waals surface area contributed by atoms with Crippen LogP contribution < -0.4 is 19.7 Å². The van der Waals surface area contributed by atoms with Crippen LogP contribution in [0.3, 0.4) is 0 Å². The quantitative estimate of drug-likeness (QED) is 0.464. The minimum absolute atomic E-state index is 0.00141. The fraction of sp³-hybridized carbons (Fsp3) is 0.400. The number of aliphatic hydroxyl groups excluding tert-OH is 1. The zero-order valence-electron chi connectivity index (χ0n) is 21.5. The van der Waals surface area contributed by atoms with Gasteiger partial charge in [-0.2, -0.15) is 15.2 Å². The Morgan fingerprint density at radius 1 is 1.31 bits per heavy atom. The Labute approximate surface area is 227 Å². The van der Waals surface area contributed by atoms with Crippen LogP contribution in [0.2, 0.25) is 0 Å². The number of carbonyl (C=O) groups is 1. The van der Waals surface area contributed by atoms with Crippen molar-refractivity contribution in [3.8, 4) is 18.0 Å². The van der Waals surface area contributed by atoms with E-state index in [9.17, 15) is 23.9 Å². The van der Waals surface area contributed by atoms with E-state index >= 15 is 4.39 Å². The maximum absolute atomic E-state index is 15.5. The van der Waals surface area contributed by atoms with Crippen molar-refractivity contribution in [2.75, 3.05) is 24.7 Å². The van der Waals surface area contributed by atoms with Gasteiger partial charge in [-0.3, -0.25) is 9.69 Å². The number of aliphatic hydroxyl groups is 1. The molecule has 3 heterocycles. The van der Waals surface area contributed by atoms with Gasteiger partial charge in [0.1, 0.15) is 23.7 Å². The Morgan fingerprint density at radius 2 is 2.03 bits per heavy atom. The van der Waals surface area contributed by atoms with Gasteiger partial charge in [-0.1, -0.05) is 0 Å². The molecular weight excluding hydrogens is 537 g/mol. The SMILES string of the molecule is CCOc1nc(OCCO)c2cc(N3C(=S)N(C4=CNC(C#N)C(C(C)(F)F)=C4)C(=O)C3(C)C)cc(F)c2n1. The second kappa shape index (κ2) is 10.3. The van der Waals surface area contributed by atoms with Gasteiger partial charge >= 0.3 is 6.01 Å². The molecule has 0 spiro atoms. The standard InChI is InChI=1S/C25H25F3N6O4S/c1-5-37-22-31-19-15(20(32-22)38-7-6-35)8-13(10-17(19)26)34-23(39)33(21(36)24(34,2)3)14-9-16(25(4,27)28)18(11-29)30-12-14/h8-10,12,18,30,35H,5-7H2,1-4H3. The van der Waals surface area contributed by atoms with Crippen molar-refractivity contribution in [2.24, 2.45) is 0 Å². The first kappa shape index (κ1) is 28.1. The number of carbonyl (C=O) groups excluding carboxylic acids is 1. The highest BCUT2D eigenvalue weighted by Gasteiger charge is 2.51. The summed E-state index contributed by atoms with van der Waals surface area (Å²) in [4.78, 5) is 24.3. The van der Waals surface area contributed by atoms with Gasteiger partial charge < -0.3 is 24.8 Å². The van der Waals surface area contributed by atoms with Gasteiger partial charge in [-0.25, -0.2) is 13.2 Å². The molecule has 0 saturated carbocycles. The Bertz CT molecular complexity index is 1450. The molecule has 2 aromatic rings. The number of nitriles is 1. The lowest BCUT2D eigenvalue weighted by atomic mass is 9.98. The normalized spacial score (nSPS) is 19.0. The van der Waals surface area contributed by atoms with E-state index in [1.165, 1.54) is 17.2 Å². The molecule has 0 aliphatic carbocycles. The Morgan fingerprint density at radius 3 is 2.64 bits per heavy atom. The number of nitrogens with zero attached hydrogens (tertiary/aromatic N) is 5. The number of hydrogen-bond acceptors (Lipinski definition) is 9. The number of ether oxygens (including phenoxy) is 2. The number of hydrogen-bond donors (Lipinski definition) is 2. The molecule has 2 aliphatic heterocycles. The van der Waals surface area contributed by atoms with E-state index in [0.29, 0.717) is 6.92 Å². The van der Waals surface area contributed by atoms with Crippen LogP contribution in [-0.4, -0.2) is 68.3 Å². The Kier molecular flexibility index (Phi) is 7.42. The summed E-state index contributed by atoms with van der Waals surface area (Å²) < 4.78 is 54.8. The van der Waals surface area contributed by atoms with Gasteiger partial charge in [0.2, 0.25) is 5.88 Å². The van der Waals surface area contributed by atoms with Gasteiger partial charge in [0.05, 0.1) is 30.4 Å². The molecule has 2 aliphatic rings. The lowest BCUT2D eigenvalue weighted by molar-refractivity contribution is -0.128. The third kappa shape index (κ3) is 4.95. The van der Waals surface area contributed by atoms with Gasteiger partial charge in [0, 0.05) is 24.4 Å². The number of thiocarbonyl (C=S) groups is 1.